The van der Waals surface area contributed by atoms with Gasteiger partial charge < -0.3 is 4.90 Å². The van der Waals surface area contributed by atoms with Gasteiger partial charge in [-0.3, -0.25) is 9.78 Å². The van der Waals surface area contributed by atoms with Gasteiger partial charge >= 0.3 is 0 Å². The normalized spacial score (nSPS) is 18.0. The van der Waals surface area contributed by atoms with E-state index >= 15 is 0 Å². The summed E-state index contributed by atoms with van der Waals surface area (Å²) in [5.41, 5.74) is 1.37. The topological polar surface area (TPSA) is 70.6 Å². The Morgan fingerprint density at radius 3 is 2.48 bits per heavy atom. The van der Waals surface area contributed by atoms with Gasteiger partial charge in [-0.2, -0.15) is 4.31 Å². The third kappa shape index (κ3) is 3.96. The first-order valence-corrected chi connectivity index (χ1v) is 11.6. The van der Waals surface area contributed by atoms with E-state index < -0.39 is 10.0 Å². The van der Waals surface area contributed by atoms with Gasteiger partial charge in [0.1, 0.15) is 4.21 Å². The van der Waals surface area contributed by atoms with Gasteiger partial charge in [-0.05, 0) is 43.3 Å². The third-order valence-electron chi connectivity index (χ3n) is 4.94. The fourth-order valence-corrected chi connectivity index (χ4v) is 6.49. The molecular weight excluding hydrogens is 406 g/mol. The number of thiophene rings is 1. The first-order valence-electron chi connectivity index (χ1n) is 9.34. The first kappa shape index (κ1) is 19.8. The summed E-state index contributed by atoms with van der Waals surface area (Å²) < 4.78 is 28.2. The lowest BCUT2D eigenvalue weighted by Gasteiger charge is -2.38. The lowest BCUT2D eigenvalue weighted by Crippen LogP contribution is -2.55. The SMILES string of the molecule is C[C@@H]1CN(C(=O)c2ccccc2)CCN1S(=O)(=O)c1ccc(-c2ccccn2)s1. The van der Waals surface area contributed by atoms with Crippen molar-refractivity contribution in [2.45, 2.75) is 17.2 Å². The summed E-state index contributed by atoms with van der Waals surface area (Å²) in [5, 5.41) is 0. The highest BCUT2D eigenvalue weighted by molar-refractivity contribution is 7.91. The Morgan fingerprint density at radius 2 is 1.79 bits per heavy atom. The number of nitrogens with zero attached hydrogens (tertiary/aromatic N) is 3. The molecule has 1 amide bonds. The Balaban J connectivity index is 1.51. The summed E-state index contributed by atoms with van der Waals surface area (Å²) in [7, 11) is -3.63. The van der Waals surface area contributed by atoms with Gasteiger partial charge in [0, 0.05) is 37.4 Å². The van der Waals surface area contributed by atoms with Gasteiger partial charge in [0.05, 0.1) is 10.6 Å². The van der Waals surface area contributed by atoms with Crippen LogP contribution in [0.25, 0.3) is 10.6 Å². The standard InChI is InChI=1S/C21H21N3O3S2/c1-16-15-23(21(25)17-7-3-2-4-8-17)13-14-24(16)29(26,27)20-11-10-19(28-20)18-9-5-6-12-22-18/h2-12,16H,13-15H2,1H3/t16-/m1/s1. The molecule has 6 nitrogen and oxygen atoms in total. The Kier molecular flexibility index (Phi) is 5.49. The zero-order chi connectivity index (χ0) is 20.4. The van der Waals surface area contributed by atoms with Crippen molar-refractivity contribution < 1.29 is 13.2 Å². The Morgan fingerprint density at radius 1 is 1.03 bits per heavy atom. The lowest BCUT2D eigenvalue weighted by molar-refractivity contribution is 0.0642. The Hall–Kier alpha value is -2.55. The van der Waals surface area contributed by atoms with E-state index in [0.29, 0.717) is 22.9 Å². The van der Waals surface area contributed by atoms with Crippen molar-refractivity contribution in [3.63, 3.8) is 0 Å². The van der Waals surface area contributed by atoms with Crippen molar-refractivity contribution in [2.75, 3.05) is 19.6 Å². The van der Waals surface area contributed by atoms with Crippen LogP contribution in [-0.2, 0) is 10.0 Å². The van der Waals surface area contributed by atoms with Gasteiger partial charge in [-0.25, -0.2) is 8.42 Å². The largest absolute Gasteiger partial charge is 0.336 e. The number of piperazine rings is 1. The summed E-state index contributed by atoms with van der Waals surface area (Å²) in [4.78, 5) is 19.5. The number of rotatable bonds is 4. The van der Waals surface area contributed by atoms with Crippen LogP contribution in [0.5, 0.6) is 0 Å². The molecule has 1 saturated heterocycles. The molecule has 1 fully saturated rings. The molecule has 4 rings (SSSR count). The quantitative estimate of drug-likeness (QED) is 0.640. The summed E-state index contributed by atoms with van der Waals surface area (Å²) in [6.07, 6.45) is 1.69. The van der Waals surface area contributed by atoms with Crippen LogP contribution in [0, 0.1) is 0 Å². The Bertz CT molecular complexity index is 1100. The highest BCUT2D eigenvalue weighted by atomic mass is 32.2. The second kappa shape index (κ2) is 8.06. The molecule has 0 bridgehead atoms. The maximum Gasteiger partial charge on any atom is 0.253 e. The average molecular weight is 428 g/mol. The van der Waals surface area contributed by atoms with E-state index in [1.54, 1.807) is 35.4 Å². The predicted molar refractivity (Wildman–Crippen MR) is 113 cm³/mol. The lowest BCUT2D eigenvalue weighted by atomic mass is 10.1. The minimum absolute atomic E-state index is 0.0666. The van der Waals surface area contributed by atoms with E-state index in [1.807, 2.05) is 43.3 Å². The first-order chi connectivity index (χ1) is 14.0. The van der Waals surface area contributed by atoms with Crippen LogP contribution in [0.2, 0.25) is 0 Å². The van der Waals surface area contributed by atoms with Crippen LogP contribution in [0.15, 0.2) is 71.1 Å². The molecule has 8 heteroatoms. The average Bonchev–Trinajstić information content (AvgIpc) is 3.25. The van der Waals surface area contributed by atoms with Crippen LogP contribution in [0.4, 0.5) is 0 Å². The molecule has 0 aliphatic carbocycles. The van der Waals surface area contributed by atoms with Crippen LogP contribution in [0.3, 0.4) is 0 Å². The van der Waals surface area contributed by atoms with Crippen molar-refractivity contribution in [3.8, 4) is 10.6 Å². The van der Waals surface area contributed by atoms with Crippen molar-refractivity contribution in [2.24, 2.45) is 0 Å². The van der Waals surface area contributed by atoms with E-state index in [-0.39, 0.29) is 18.5 Å². The summed E-state index contributed by atoms with van der Waals surface area (Å²) in [5.74, 6) is -0.0666. The fourth-order valence-electron chi connectivity index (χ4n) is 3.47. The molecular formula is C21H21N3O3S2. The van der Waals surface area contributed by atoms with Crippen LogP contribution < -0.4 is 0 Å². The monoisotopic (exact) mass is 427 g/mol. The molecule has 0 spiro atoms. The number of carbonyl (C=O) groups excluding carboxylic acids is 1. The van der Waals surface area contributed by atoms with Gasteiger partial charge in [0.2, 0.25) is 0 Å². The minimum atomic E-state index is -3.63. The van der Waals surface area contributed by atoms with Crippen LogP contribution >= 0.6 is 11.3 Å². The summed E-state index contributed by atoms with van der Waals surface area (Å²) in [6, 6.07) is 17.8. The van der Waals surface area contributed by atoms with E-state index in [4.69, 9.17) is 0 Å². The highest BCUT2D eigenvalue weighted by Crippen LogP contribution is 2.32. The molecule has 150 valence electrons. The molecule has 0 radical (unpaired) electrons. The molecule has 1 aliphatic heterocycles. The number of aromatic nitrogens is 1. The van der Waals surface area contributed by atoms with Crippen molar-refractivity contribution in [3.05, 3.63) is 72.4 Å². The molecule has 2 aromatic heterocycles. The molecule has 1 atom stereocenters. The zero-order valence-electron chi connectivity index (χ0n) is 15.9. The maximum atomic E-state index is 13.2. The number of sulfonamides is 1. The maximum absolute atomic E-state index is 13.2. The van der Waals surface area contributed by atoms with E-state index in [2.05, 4.69) is 4.98 Å². The molecule has 0 saturated carbocycles. The highest BCUT2D eigenvalue weighted by Gasteiger charge is 2.36. The minimum Gasteiger partial charge on any atom is -0.336 e. The summed E-state index contributed by atoms with van der Waals surface area (Å²) >= 11 is 1.22. The van der Waals surface area contributed by atoms with Crippen molar-refractivity contribution in [1.29, 1.82) is 0 Å². The summed E-state index contributed by atoms with van der Waals surface area (Å²) in [6.45, 7) is 2.86. The number of pyridine rings is 1. The second-order valence-corrected chi connectivity index (χ2v) is 10.1. The third-order valence-corrected chi connectivity index (χ3v) is 8.52. The van der Waals surface area contributed by atoms with Crippen molar-refractivity contribution >= 4 is 27.3 Å². The Labute approximate surface area is 174 Å². The van der Waals surface area contributed by atoms with Crippen molar-refractivity contribution in [1.82, 2.24) is 14.2 Å². The number of hydrogen-bond donors (Lipinski definition) is 0. The molecule has 0 unspecified atom stereocenters. The number of hydrogen-bond acceptors (Lipinski definition) is 5. The van der Waals surface area contributed by atoms with E-state index in [1.165, 1.54) is 15.6 Å². The number of carbonyl (C=O) groups is 1. The number of amides is 1. The van der Waals surface area contributed by atoms with Crippen LogP contribution in [-0.4, -0.2) is 54.2 Å². The molecule has 1 aliphatic rings. The number of benzene rings is 1. The molecule has 0 N–H and O–H groups in total. The molecule has 29 heavy (non-hydrogen) atoms. The van der Waals surface area contributed by atoms with Gasteiger partial charge in [0.25, 0.3) is 15.9 Å². The molecule has 3 heterocycles. The van der Waals surface area contributed by atoms with Gasteiger partial charge in [0.15, 0.2) is 0 Å². The van der Waals surface area contributed by atoms with Gasteiger partial charge in [-0.1, -0.05) is 24.3 Å². The second-order valence-electron chi connectivity index (χ2n) is 6.92. The van der Waals surface area contributed by atoms with E-state index in [0.717, 1.165) is 10.6 Å². The zero-order valence-corrected chi connectivity index (χ0v) is 17.6. The smallest absolute Gasteiger partial charge is 0.253 e. The van der Waals surface area contributed by atoms with Gasteiger partial charge in [-0.15, -0.1) is 11.3 Å². The molecule has 1 aromatic carbocycles. The fraction of sp³-hybridized carbons (Fsp3) is 0.238. The molecule has 3 aromatic rings. The predicted octanol–water partition coefficient (Wildman–Crippen LogP) is 3.35. The van der Waals surface area contributed by atoms with E-state index in [9.17, 15) is 13.2 Å². The van der Waals surface area contributed by atoms with Crippen LogP contribution in [0.1, 0.15) is 17.3 Å².